The van der Waals surface area contributed by atoms with Gasteiger partial charge in [0.25, 0.3) is 5.91 Å². The monoisotopic (exact) mass is 443 g/mol. The van der Waals surface area contributed by atoms with E-state index < -0.39 is 5.82 Å². The van der Waals surface area contributed by atoms with Crippen LogP contribution in [0.25, 0.3) is 11.3 Å². The van der Waals surface area contributed by atoms with Crippen molar-refractivity contribution in [3.8, 4) is 17.0 Å². The molecule has 162 valence electrons. The Bertz CT molecular complexity index is 1080. The molecule has 1 N–H and O–H groups in total. The van der Waals surface area contributed by atoms with Crippen LogP contribution in [0, 0.1) is 12.7 Å². The first-order valence-electron chi connectivity index (χ1n) is 10.1. The Morgan fingerprint density at radius 1 is 1.29 bits per heavy atom. The molecule has 4 rings (SSSR count). The molecule has 31 heavy (non-hydrogen) atoms. The maximum absolute atomic E-state index is 14.4. The maximum Gasteiger partial charge on any atom is 0.257 e. The SMILES string of the molecule is COc1ccccc1N1CCCC(NC(=O)c2c(-c3c(F)cccc3Cl)noc2C)C1. The first kappa shape index (κ1) is 21.2. The number of carbonyl (C=O) groups is 1. The average molecular weight is 444 g/mol. The molecule has 1 unspecified atom stereocenters. The second-order valence-corrected chi connectivity index (χ2v) is 7.90. The number of para-hydroxylation sites is 2. The average Bonchev–Trinajstić information content (AvgIpc) is 3.15. The fraction of sp³-hybridized carbons (Fsp3) is 0.304. The molecule has 1 amide bonds. The zero-order valence-electron chi connectivity index (χ0n) is 17.3. The van der Waals surface area contributed by atoms with E-state index in [9.17, 15) is 9.18 Å². The number of hydrogen-bond acceptors (Lipinski definition) is 5. The number of carbonyl (C=O) groups excluding carboxylic acids is 1. The number of halogens is 2. The lowest BCUT2D eigenvalue weighted by Gasteiger charge is -2.35. The summed E-state index contributed by atoms with van der Waals surface area (Å²) in [5.74, 6) is 0.180. The number of methoxy groups -OCH3 is 1. The lowest BCUT2D eigenvalue weighted by Crippen LogP contribution is -2.48. The Balaban J connectivity index is 1.56. The summed E-state index contributed by atoms with van der Waals surface area (Å²) in [7, 11) is 1.64. The zero-order chi connectivity index (χ0) is 22.0. The number of anilines is 1. The van der Waals surface area contributed by atoms with Crippen molar-refractivity contribution < 1.29 is 18.4 Å². The Labute approximate surface area is 184 Å². The van der Waals surface area contributed by atoms with Gasteiger partial charge in [-0.1, -0.05) is 35.0 Å². The van der Waals surface area contributed by atoms with Crippen molar-refractivity contribution in [1.82, 2.24) is 10.5 Å². The molecule has 1 aromatic heterocycles. The number of piperidine rings is 1. The fourth-order valence-electron chi connectivity index (χ4n) is 4.00. The second-order valence-electron chi connectivity index (χ2n) is 7.49. The Hall–Kier alpha value is -3.06. The molecule has 8 heteroatoms. The van der Waals surface area contributed by atoms with Crippen LogP contribution in [0.1, 0.15) is 29.0 Å². The molecule has 0 radical (unpaired) electrons. The standard InChI is InChI=1S/C23H23ClFN3O3/c1-14-20(22(27-31-14)21-16(24)8-5-9-17(21)25)23(29)26-15-7-6-12-28(13-15)18-10-3-4-11-19(18)30-2/h3-5,8-11,15H,6-7,12-13H2,1-2H3,(H,26,29). The third kappa shape index (κ3) is 4.23. The van der Waals surface area contributed by atoms with Crippen molar-refractivity contribution in [2.24, 2.45) is 0 Å². The molecule has 1 aliphatic heterocycles. The largest absolute Gasteiger partial charge is 0.495 e. The molecule has 1 atom stereocenters. The number of benzene rings is 2. The van der Waals surface area contributed by atoms with Gasteiger partial charge in [-0.15, -0.1) is 0 Å². The number of amides is 1. The van der Waals surface area contributed by atoms with E-state index in [1.807, 2.05) is 24.3 Å². The molecule has 0 aliphatic carbocycles. The predicted molar refractivity (Wildman–Crippen MR) is 117 cm³/mol. The molecule has 3 aromatic rings. The number of hydrogen-bond donors (Lipinski definition) is 1. The summed E-state index contributed by atoms with van der Waals surface area (Å²) < 4.78 is 25.1. The fourth-order valence-corrected chi connectivity index (χ4v) is 4.25. The first-order chi connectivity index (χ1) is 15.0. The van der Waals surface area contributed by atoms with Crippen molar-refractivity contribution in [2.75, 3.05) is 25.1 Å². The van der Waals surface area contributed by atoms with Gasteiger partial charge in [0.05, 0.1) is 23.4 Å². The van der Waals surface area contributed by atoms with E-state index in [0.717, 1.165) is 30.8 Å². The van der Waals surface area contributed by atoms with Gasteiger partial charge in [-0.05, 0) is 44.0 Å². The summed E-state index contributed by atoms with van der Waals surface area (Å²) in [5.41, 5.74) is 1.35. The third-order valence-corrected chi connectivity index (χ3v) is 5.79. The maximum atomic E-state index is 14.4. The molecule has 1 fully saturated rings. The van der Waals surface area contributed by atoms with E-state index in [-0.39, 0.29) is 33.8 Å². The number of aryl methyl sites for hydroxylation is 1. The quantitative estimate of drug-likeness (QED) is 0.610. The number of rotatable bonds is 5. The molecular weight excluding hydrogens is 421 g/mol. The van der Waals surface area contributed by atoms with E-state index in [4.69, 9.17) is 20.9 Å². The van der Waals surface area contributed by atoms with E-state index in [1.54, 1.807) is 20.1 Å². The van der Waals surface area contributed by atoms with Gasteiger partial charge >= 0.3 is 0 Å². The summed E-state index contributed by atoms with van der Waals surface area (Å²) in [6.45, 7) is 3.13. The van der Waals surface area contributed by atoms with Crippen molar-refractivity contribution in [1.29, 1.82) is 0 Å². The lowest BCUT2D eigenvalue weighted by molar-refractivity contribution is 0.0932. The summed E-state index contributed by atoms with van der Waals surface area (Å²) in [5, 5.41) is 7.15. The Morgan fingerprint density at radius 2 is 2.10 bits per heavy atom. The van der Waals surface area contributed by atoms with Gasteiger partial charge in [0.2, 0.25) is 0 Å². The van der Waals surface area contributed by atoms with Crippen LogP contribution >= 0.6 is 11.6 Å². The van der Waals surface area contributed by atoms with Crippen LogP contribution in [0.2, 0.25) is 5.02 Å². The number of aromatic nitrogens is 1. The van der Waals surface area contributed by atoms with Gasteiger partial charge in [-0.25, -0.2) is 4.39 Å². The van der Waals surface area contributed by atoms with E-state index >= 15 is 0 Å². The molecule has 2 heterocycles. The summed E-state index contributed by atoms with van der Waals surface area (Å²) >= 11 is 6.19. The van der Waals surface area contributed by atoms with Gasteiger partial charge in [-0.3, -0.25) is 4.79 Å². The highest BCUT2D eigenvalue weighted by molar-refractivity contribution is 6.33. The van der Waals surface area contributed by atoms with E-state index in [0.29, 0.717) is 12.3 Å². The third-order valence-electron chi connectivity index (χ3n) is 5.47. The van der Waals surface area contributed by atoms with Crippen LogP contribution in [-0.2, 0) is 0 Å². The molecule has 0 bridgehead atoms. The van der Waals surface area contributed by atoms with Crippen molar-refractivity contribution in [3.63, 3.8) is 0 Å². The van der Waals surface area contributed by atoms with Crippen LogP contribution in [0.15, 0.2) is 47.0 Å². The highest BCUT2D eigenvalue weighted by atomic mass is 35.5. The molecule has 6 nitrogen and oxygen atoms in total. The first-order valence-corrected chi connectivity index (χ1v) is 10.5. The molecule has 1 saturated heterocycles. The smallest absolute Gasteiger partial charge is 0.257 e. The molecule has 2 aromatic carbocycles. The van der Waals surface area contributed by atoms with Crippen LogP contribution in [-0.4, -0.2) is 37.3 Å². The van der Waals surface area contributed by atoms with Gasteiger partial charge < -0.3 is 19.5 Å². The molecule has 1 aliphatic rings. The minimum atomic E-state index is -0.560. The van der Waals surface area contributed by atoms with E-state index in [2.05, 4.69) is 15.4 Å². The number of ether oxygens (including phenoxy) is 1. The normalized spacial score (nSPS) is 16.3. The predicted octanol–water partition coefficient (Wildman–Crippen LogP) is 4.85. The van der Waals surface area contributed by atoms with Crippen LogP contribution in [0.4, 0.5) is 10.1 Å². The second kappa shape index (κ2) is 8.98. The molecule has 0 spiro atoms. The zero-order valence-corrected chi connectivity index (χ0v) is 18.1. The van der Waals surface area contributed by atoms with Crippen molar-refractivity contribution in [3.05, 3.63) is 64.6 Å². The van der Waals surface area contributed by atoms with Crippen LogP contribution < -0.4 is 15.0 Å². The molecular formula is C23H23ClFN3O3. The number of nitrogens with zero attached hydrogens (tertiary/aromatic N) is 2. The summed E-state index contributed by atoms with van der Waals surface area (Å²) in [6.07, 6.45) is 1.75. The van der Waals surface area contributed by atoms with E-state index in [1.165, 1.54) is 12.1 Å². The molecule has 0 saturated carbocycles. The Kier molecular flexibility index (Phi) is 6.13. The van der Waals surface area contributed by atoms with Gasteiger partial charge in [0.1, 0.15) is 28.6 Å². The highest BCUT2D eigenvalue weighted by Gasteiger charge is 2.29. The summed E-state index contributed by atoms with van der Waals surface area (Å²) in [4.78, 5) is 15.4. The lowest BCUT2D eigenvalue weighted by atomic mass is 10.0. The minimum absolute atomic E-state index is 0.0606. The number of nitrogens with one attached hydrogen (secondary N) is 1. The van der Waals surface area contributed by atoms with Crippen LogP contribution in [0.3, 0.4) is 0 Å². The van der Waals surface area contributed by atoms with Crippen molar-refractivity contribution in [2.45, 2.75) is 25.8 Å². The minimum Gasteiger partial charge on any atom is -0.495 e. The summed E-state index contributed by atoms with van der Waals surface area (Å²) in [6, 6.07) is 12.1. The van der Waals surface area contributed by atoms with Crippen LogP contribution in [0.5, 0.6) is 5.75 Å². The van der Waals surface area contributed by atoms with Crippen molar-refractivity contribution >= 4 is 23.2 Å². The Morgan fingerprint density at radius 3 is 2.87 bits per heavy atom. The van der Waals surface area contributed by atoms with Gasteiger partial charge in [-0.2, -0.15) is 0 Å². The topological polar surface area (TPSA) is 67.6 Å². The highest BCUT2D eigenvalue weighted by Crippen LogP contribution is 2.34. The van der Waals surface area contributed by atoms with Gasteiger partial charge in [0.15, 0.2) is 0 Å². The van der Waals surface area contributed by atoms with Gasteiger partial charge in [0, 0.05) is 19.1 Å².